The molecule has 0 saturated heterocycles. The summed E-state index contributed by atoms with van der Waals surface area (Å²) in [4.78, 5) is 1.29. The summed E-state index contributed by atoms with van der Waals surface area (Å²) in [5.41, 5.74) is 1.32. The van der Waals surface area contributed by atoms with Crippen LogP contribution in [0.2, 0.25) is 0 Å². The molecule has 1 aromatic carbocycles. The first kappa shape index (κ1) is 10.6. The van der Waals surface area contributed by atoms with E-state index < -0.39 is 0 Å². The third kappa shape index (κ3) is 4.34. The Hall–Kier alpha value is -0.470. The number of unbranched alkanes of at least 4 members (excludes halogenated alkanes) is 1. The maximum Gasteiger partial charge on any atom is 0.0228 e. The van der Waals surface area contributed by atoms with Crippen LogP contribution >= 0.6 is 11.9 Å². The number of nitrogens with one attached hydrogen (secondary N) is 1. The van der Waals surface area contributed by atoms with E-state index in [-0.39, 0.29) is 0 Å². The van der Waals surface area contributed by atoms with Crippen molar-refractivity contribution in [2.45, 2.75) is 31.6 Å². The Balaban J connectivity index is 2.25. The fraction of sp³-hybridized carbons (Fsp3) is 0.455. The minimum absolute atomic E-state index is 1.09. The minimum atomic E-state index is 1.09. The molecular weight excluding hydrogens is 178 g/mol. The zero-order valence-electron chi connectivity index (χ0n) is 8.34. The molecule has 0 atom stereocenters. The quantitative estimate of drug-likeness (QED) is 0.571. The van der Waals surface area contributed by atoms with Gasteiger partial charge in [-0.3, -0.25) is 4.72 Å². The molecule has 0 aliphatic heterocycles. The van der Waals surface area contributed by atoms with Crippen molar-refractivity contribution in [3.05, 3.63) is 29.8 Å². The van der Waals surface area contributed by atoms with Crippen LogP contribution in [0.4, 0.5) is 0 Å². The zero-order valence-corrected chi connectivity index (χ0v) is 9.16. The molecule has 0 spiro atoms. The van der Waals surface area contributed by atoms with Gasteiger partial charge >= 0.3 is 0 Å². The molecule has 72 valence electrons. The first-order valence-corrected chi connectivity index (χ1v) is 5.61. The first-order chi connectivity index (χ1) is 6.33. The molecule has 2 heteroatoms. The average molecular weight is 195 g/mol. The molecule has 0 aliphatic carbocycles. The van der Waals surface area contributed by atoms with E-state index in [0.717, 1.165) is 6.54 Å². The van der Waals surface area contributed by atoms with Gasteiger partial charge in [-0.2, -0.15) is 0 Å². The molecule has 0 amide bonds. The molecule has 1 aromatic rings. The molecule has 0 aliphatic rings. The molecule has 0 aromatic heterocycles. The number of aryl methyl sites for hydroxylation is 1. The standard InChI is InChI=1S/C11H17NS/c1-3-4-9-12-13-11-7-5-10(2)6-8-11/h5-8,12H,3-4,9H2,1-2H3. The second-order valence-electron chi connectivity index (χ2n) is 3.16. The molecule has 0 saturated carbocycles. The van der Waals surface area contributed by atoms with E-state index in [4.69, 9.17) is 0 Å². The second-order valence-corrected chi connectivity index (χ2v) is 4.13. The Morgan fingerprint density at radius 1 is 1.23 bits per heavy atom. The normalized spacial score (nSPS) is 10.3. The molecule has 0 radical (unpaired) electrons. The van der Waals surface area contributed by atoms with Crippen molar-refractivity contribution in [2.75, 3.05) is 6.54 Å². The van der Waals surface area contributed by atoms with Crippen molar-refractivity contribution in [3.8, 4) is 0 Å². The molecule has 0 heterocycles. The predicted molar refractivity (Wildman–Crippen MR) is 59.9 cm³/mol. The number of benzene rings is 1. The second kappa shape index (κ2) is 6.06. The lowest BCUT2D eigenvalue weighted by atomic mass is 10.2. The Morgan fingerprint density at radius 2 is 1.92 bits per heavy atom. The highest BCUT2D eigenvalue weighted by Crippen LogP contribution is 2.14. The van der Waals surface area contributed by atoms with Gasteiger partial charge in [0, 0.05) is 11.4 Å². The van der Waals surface area contributed by atoms with Crippen molar-refractivity contribution in [1.29, 1.82) is 0 Å². The van der Waals surface area contributed by atoms with E-state index >= 15 is 0 Å². The zero-order chi connectivity index (χ0) is 9.52. The summed E-state index contributed by atoms with van der Waals surface area (Å²) in [6.07, 6.45) is 2.50. The van der Waals surface area contributed by atoms with Crippen LogP contribution in [0.5, 0.6) is 0 Å². The molecule has 0 bridgehead atoms. The Bertz CT molecular complexity index is 230. The van der Waals surface area contributed by atoms with Gasteiger partial charge in [0.15, 0.2) is 0 Å². The Kier molecular flexibility index (Phi) is 4.94. The smallest absolute Gasteiger partial charge is 0.0228 e. The summed E-state index contributed by atoms with van der Waals surface area (Å²) in [5, 5.41) is 0. The summed E-state index contributed by atoms with van der Waals surface area (Å²) in [6.45, 7) is 5.41. The highest BCUT2D eigenvalue weighted by atomic mass is 32.2. The molecule has 1 rings (SSSR count). The molecule has 1 N–H and O–H groups in total. The van der Waals surface area contributed by atoms with Gasteiger partial charge in [-0.05, 0) is 37.4 Å². The SMILES string of the molecule is CCCCNSc1ccc(C)cc1. The van der Waals surface area contributed by atoms with Crippen LogP contribution in [0.25, 0.3) is 0 Å². The van der Waals surface area contributed by atoms with Gasteiger partial charge in [0.1, 0.15) is 0 Å². The minimum Gasteiger partial charge on any atom is -0.260 e. The molecular formula is C11H17NS. The predicted octanol–water partition coefficient (Wildman–Crippen LogP) is 3.39. The fourth-order valence-corrected chi connectivity index (χ4v) is 1.67. The van der Waals surface area contributed by atoms with Crippen molar-refractivity contribution in [1.82, 2.24) is 4.72 Å². The van der Waals surface area contributed by atoms with Gasteiger partial charge in [-0.15, -0.1) is 0 Å². The summed E-state index contributed by atoms with van der Waals surface area (Å²) in [6, 6.07) is 8.59. The topological polar surface area (TPSA) is 12.0 Å². The number of hydrogen-bond donors (Lipinski definition) is 1. The van der Waals surface area contributed by atoms with E-state index in [1.54, 1.807) is 11.9 Å². The largest absolute Gasteiger partial charge is 0.260 e. The molecule has 0 fully saturated rings. The van der Waals surface area contributed by atoms with Gasteiger partial charge in [-0.25, -0.2) is 0 Å². The Labute approximate surface area is 85.1 Å². The lowest BCUT2D eigenvalue weighted by molar-refractivity contribution is 0.776. The van der Waals surface area contributed by atoms with Crippen LogP contribution in [0.1, 0.15) is 25.3 Å². The summed E-state index contributed by atoms with van der Waals surface area (Å²) in [5.74, 6) is 0. The Morgan fingerprint density at radius 3 is 2.54 bits per heavy atom. The van der Waals surface area contributed by atoms with Crippen molar-refractivity contribution in [3.63, 3.8) is 0 Å². The van der Waals surface area contributed by atoms with Gasteiger partial charge < -0.3 is 0 Å². The van der Waals surface area contributed by atoms with Crippen molar-refractivity contribution < 1.29 is 0 Å². The summed E-state index contributed by atoms with van der Waals surface area (Å²) >= 11 is 1.72. The third-order valence-electron chi connectivity index (χ3n) is 1.84. The third-order valence-corrected chi connectivity index (χ3v) is 2.70. The highest BCUT2D eigenvalue weighted by molar-refractivity contribution is 7.97. The lowest BCUT2D eigenvalue weighted by Crippen LogP contribution is -2.04. The number of rotatable bonds is 5. The summed E-state index contributed by atoms with van der Waals surface area (Å²) < 4.78 is 3.34. The van der Waals surface area contributed by atoms with Crippen molar-refractivity contribution in [2.24, 2.45) is 0 Å². The van der Waals surface area contributed by atoms with Gasteiger partial charge in [0.2, 0.25) is 0 Å². The van der Waals surface area contributed by atoms with E-state index in [1.807, 2.05) is 0 Å². The van der Waals surface area contributed by atoms with E-state index in [0.29, 0.717) is 0 Å². The lowest BCUT2D eigenvalue weighted by Gasteiger charge is -2.02. The molecule has 13 heavy (non-hydrogen) atoms. The van der Waals surface area contributed by atoms with Crippen LogP contribution in [0.15, 0.2) is 29.2 Å². The van der Waals surface area contributed by atoms with Gasteiger partial charge in [0.25, 0.3) is 0 Å². The van der Waals surface area contributed by atoms with Crippen LogP contribution < -0.4 is 4.72 Å². The van der Waals surface area contributed by atoms with Crippen molar-refractivity contribution >= 4 is 11.9 Å². The van der Waals surface area contributed by atoms with E-state index in [1.165, 1.54) is 23.3 Å². The fourth-order valence-electron chi connectivity index (χ4n) is 0.990. The molecule has 0 unspecified atom stereocenters. The number of hydrogen-bond acceptors (Lipinski definition) is 2. The first-order valence-electron chi connectivity index (χ1n) is 4.79. The average Bonchev–Trinajstić information content (AvgIpc) is 2.15. The maximum absolute atomic E-state index is 3.34. The van der Waals surface area contributed by atoms with Crippen LogP contribution in [-0.2, 0) is 0 Å². The van der Waals surface area contributed by atoms with Gasteiger partial charge in [0.05, 0.1) is 0 Å². The van der Waals surface area contributed by atoms with E-state index in [2.05, 4.69) is 42.8 Å². The van der Waals surface area contributed by atoms with Crippen LogP contribution in [0, 0.1) is 6.92 Å². The maximum atomic E-state index is 3.34. The summed E-state index contributed by atoms with van der Waals surface area (Å²) in [7, 11) is 0. The van der Waals surface area contributed by atoms with Crippen LogP contribution in [0.3, 0.4) is 0 Å². The monoisotopic (exact) mass is 195 g/mol. The molecule has 1 nitrogen and oxygen atoms in total. The van der Waals surface area contributed by atoms with Gasteiger partial charge in [-0.1, -0.05) is 31.0 Å². The van der Waals surface area contributed by atoms with E-state index in [9.17, 15) is 0 Å². The highest BCUT2D eigenvalue weighted by Gasteiger charge is 1.91. The van der Waals surface area contributed by atoms with Crippen LogP contribution in [-0.4, -0.2) is 6.54 Å².